The SMILES string of the molecule is CN1CCC2=C(C(=O)N[C@@H](SC3=CCC4OCCC[C@@H]4C3)[C@H](O)CC3=CCCC[C@@H]3C(O)NC(C)(C)C)CCCC2C1. The quantitative estimate of drug-likeness (QED) is 0.212. The lowest BCUT2D eigenvalue weighted by atomic mass is 9.78. The number of nitrogens with zero attached hydrogens (tertiary/aromatic N) is 1. The second kappa shape index (κ2) is 14.3. The molecule has 0 bridgehead atoms. The van der Waals surface area contributed by atoms with Crippen molar-refractivity contribution in [1.82, 2.24) is 15.5 Å². The van der Waals surface area contributed by atoms with Gasteiger partial charge in [-0.3, -0.25) is 10.1 Å². The molecule has 0 aromatic rings. The summed E-state index contributed by atoms with van der Waals surface area (Å²) >= 11 is 1.65. The fourth-order valence-corrected chi connectivity index (χ4v) is 9.06. The molecule has 5 aliphatic rings. The lowest BCUT2D eigenvalue weighted by Crippen LogP contribution is -2.49. The van der Waals surface area contributed by atoms with Crippen LogP contribution in [0.3, 0.4) is 0 Å². The number of thioether (sulfide) groups is 1. The summed E-state index contributed by atoms with van der Waals surface area (Å²) in [4.78, 5) is 17.6. The molecule has 0 spiro atoms. The van der Waals surface area contributed by atoms with Crippen molar-refractivity contribution in [1.29, 1.82) is 0 Å². The topological polar surface area (TPSA) is 94.1 Å². The molecule has 2 saturated heterocycles. The average Bonchev–Trinajstić information content (AvgIpc) is 2.95. The molecule has 0 saturated carbocycles. The zero-order valence-electron chi connectivity index (χ0n) is 26.4. The molecule has 42 heavy (non-hydrogen) atoms. The van der Waals surface area contributed by atoms with E-state index in [2.05, 4.69) is 55.5 Å². The number of ether oxygens (including phenoxy) is 1. The Kier molecular flexibility index (Phi) is 11.0. The van der Waals surface area contributed by atoms with Gasteiger partial charge in [-0.2, -0.15) is 0 Å². The van der Waals surface area contributed by atoms with Gasteiger partial charge in [0.25, 0.3) is 0 Å². The van der Waals surface area contributed by atoms with Gasteiger partial charge >= 0.3 is 0 Å². The molecule has 7 nitrogen and oxygen atoms in total. The monoisotopic (exact) mass is 601 g/mol. The molecule has 0 aromatic carbocycles. The first kappa shape index (κ1) is 32.2. The maximum atomic E-state index is 13.9. The Bertz CT molecular complexity index is 1050. The predicted molar refractivity (Wildman–Crippen MR) is 171 cm³/mol. The maximum absolute atomic E-state index is 13.9. The molecular weight excluding hydrogens is 546 g/mol. The molecule has 8 heteroatoms. The van der Waals surface area contributed by atoms with Gasteiger partial charge in [-0.15, -0.1) is 11.8 Å². The smallest absolute Gasteiger partial charge is 0.248 e. The Morgan fingerprint density at radius 3 is 2.79 bits per heavy atom. The van der Waals surface area contributed by atoms with Gasteiger partial charge in [0.15, 0.2) is 0 Å². The second-order valence-corrected chi connectivity index (χ2v) is 15.7. The first-order valence-corrected chi connectivity index (χ1v) is 17.5. The summed E-state index contributed by atoms with van der Waals surface area (Å²) in [6, 6.07) is 0. The number of carbonyl (C=O) groups is 1. The lowest BCUT2D eigenvalue weighted by molar-refractivity contribution is -0.118. The highest BCUT2D eigenvalue weighted by Gasteiger charge is 2.36. The van der Waals surface area contributed by atoms with Crippen LogP contribution in [0.4, 0.5) is 0 Å². The molecule has 236 valence electrons. The van der Waals surface area contributed by atoms with Crippen molar-refractivity contribution >= 4 is 17.7 Å². The number of carbonyl (C=O) groups excluding carboxylic acids is 1. The number of amides is 1. The highest BCUT2D eigenvalue weighted by atomic mass is 32.2. The van der Waals surface area contributed by atoms with E-state index in [1.165, 1.54) is 16.9 Å². The predicted octanol–water partition coefficient (Wildman–Crippen LogP) is 5.25. The Labute approximate surface area is 258 Å². The van der Waals surface area contributed by atoms with Crippen LogP contribution in [0.5, 0.6) is 0 Å². The number of allylic oxidation sites excluding steroid dienone is 2. The fourth-order valence-electron chi connectivity index (χ4n) is 7.82. The van der Waals surface area contributed by atoms with Crippen LogP contribution in [-0.2, 0) is 9.53 Å². The summed E-state index contributed by atoms with van der Waals surface area (Å²) in [5, 5.41) is 29.2. The maximum Gasteiger partial charge on any atom is 0.248 e. The van der Waals surface area contributed by atoms with Gasteiger partial charge in [-0.1, -0.05) is 23.3 Å². The van der Waals surface area contributed by atoms with E-state index in [4.69, 9.17) is 4.74 Å². The van der Waals surface area contributed by atoms with Crippen molar-refractivity contribution in [2.75, 3.05) is 26.7 Å². The minimum Gasteiger partial charge on any atom is -0.390 e. The number of aliphatic hydroxyl groups excluding tert-OH is 2. The van der Waals surface area contributed by atoms with Gasteiger partial charge in [0.1, 0.15) is 11.6 Å². The number of likely N-dealkylation sites (tertiary alicyclic amines) is 1. The van der Waals surface area contributed by atoms with Crippen molar-refractivity contribution in [3.63, 3.8) is 0 Å². The summed E-state index contributed by atoms with van der Waals surface area (Å²) in [5.41, 5.74) is 3.21. The Balaban J connectivity index is 1.33. The summed E-state index contributed by atoms with van der Waals surface area (Å²) < 4.78 is 6.03. The standard InChI is InChI=1S/C34H55N3O4S/c1-34(2,3)36-32(40)27-12-6-5-9-22(27)20-29(38)33(42-25-14-15-30-23(19-25)11-8-18-41-30)35-31(39)28-13-7-10-24-21-37(4)17-16-26(24)28/h9,14,23-24,27,29-30,32-33,36,38,40H,5-8,10-13,15-21H2,1-4H3,(H,35,39)/t23-,24?,27+,29-,30?,32?,33+/m1/s1. The first-order valence-electron chi connectivity index (χ1n) is 16.6. The van der Waals surface area contributed by atoms with E-state index in [0.717, 1.165) is 95.1 Å². The van der Waals surface area contributed by atoms with Crippen LogP contribution in [0, 0.1) is 17.8 Å². The van der Waals surface area contributed by atoms with Crippen LogP contribution >= 0.6 is 11.8 Å². The normalized spacial score (nSPS) is 31.3. The largest absolute Gasteiger partial charge is 0.390 e. The Morgan fingerprint density at radius 1 is 1.14 bits per heavy atom. The average molecular weight is 602 g/mol. The number of piperidine rings is 1. The van der Waals surface area contributed by atoms with Crippen molar-refractivity contribution in [3.8, 4) is 0 Å². The van der Waals surface area contributed by atoms with Gasteiger partial charge < -0.3 is 25.2 Å². The molecule has 3 aliphatic carbocycles. The molecule has 2 fully saturated rings. The summed E-state index contributed by atoms with van der Waals surface area (Å²) in [7, 11) is 2.18. The van der Waals surface area contributed by atoms with Crippen LogP contribution in [0.15, 0.2) is 33.8 Å². The number of nitrogens with one attached hydrogen (secondary N) is 2. The minimum absolute atomic E-state index is 0.00898. The van der Waals surface area contributed by atoms with Gasteiger partial charge in [-0.25, -0.2) is 0 Å². The van der Waals surface area contributed by atoms with Crippen LogP contribution < -0.4 is 10.6 Å². The lowest BCUT2D eigenvalue weighted by Gasteiger charge is -2.38. The van der Waals surface area contributed by atoms with Crippen LogP contribution in [0.25, 0.3) is 0 Å². The molecule has 0 aromatic heterocycles. The second-order valence-electron chi connectivity index (χ2n) is 14.5. The molecule has 4 N–H and O–H groups in total. The van der Waals surface area contributed by atoms with Crippen molar-refractivity contribution in [3.05, 3.63) is 33.8 Å². The minimum atomic E-state index is -0.753. The van der Waals surface area contributed by atoms with E-state index < -0.39 is 17.7 Å². The van der Waals surface area contributed by atoms with Crippen LogP contribution in [0.1, 0.15) is 97.8 Å². The molecule has 5 rings (SSSR count). The Morgan fingerprint density at radius 2 is 1.98 bits per heavy atom. The number of fused-ring (bicyclic) bond motifs is 2. The zero-order valence-corrected chi connectivity index (χ0v) is 27.2. The highest BCUT2D eigenvalue weighted by molar-refractivity contribution is 8.03. The van der Waals surface area contributed by atoms with Crippen LogP contribution in [-0.4, -0.2) is 77.1 Å². The molecule has 1 amide bonds. The summed E-state index contributed by atoms with van der Waals surface area (Å²) in [5.74, 6) is 0.969. The van der Waals surface area contributed by atoms with Crippen molar-refractivity contribution in [2.24, 2.45) is 17.8 Å². The van der Waals surface area contributed by atoms with E-state index in [-0.39, 0.29) is 17.4 Å². The third kappa shape index (κ3) is 8.30. The molecular formula is C34H55N3O4S. The van der Waals surface area contributed by atoms with E-state index in [1.54, 1.807) is 11.8 Å². The van der Waals surface area contributed by atoms with E-state index in [9.17, 15) is 15.0 Å². The molecule has 0 radical (unpaired) electrons. The van der Waals surface area contributed by atoms with Gasteiger partial charge in [0.05, 0.1) is 12.2 Å². The first-order chi connectivity index (χ1) is 20.1. The van der Waals surface area contributed by atoms with E-state index >= 15 is 0 Å². The number of aliphatic hydroxyl groups is 2. The van der Waals surface area contributed by atoms with Crippen molar-refractivity contribution < 1.29 is 19.7 Å². The van der Waals surface area contributed by atoms with Crippen molar-refractivity contribution in [2.45, 2.75) is 127 Å². The summed E-state index contributed by atoms with van der Waals surface area (Å²) in [6.07, 6.45) is 14.9. The number of hydrogen-bond donors (Lipinski definition) is 4. The van der Waals surface area contributed by atoms with Gasteiger partial charge in [0, 0.05) is 36.7 Å². The van der Waals surface area contributed by atoms with Crippen LogP contribution in [0.2, 0.25) is 0 Å². The Hall–Kier alpha value is -1.16. The van der Waals surface area contributed by atoms with Gasteiger partial charge in [-0.05, 0) is 122 Å². The zero-order chi connectivity index (χ0) is 29.9. The molecule has 7 atom stereocenters. The highest BCUT2D eigenvalue weighted by Crippen LogP contribution is 2.41. The van der Waals surface area contributed by atoms with E-state index in [1.807, 2.05) is 0 Å². The fraction of sp³-hybridized carbons (Fsp3) is 0.794. The number of rotatable bonds is 9. The number of hydrogen-bond acceptors (Lipinski definition) is 7. The third-order valence-electron chi connectivity index (χ3n) is 9.96. The molecule has 2 aliphatic heterocycles. The van der Waals surface area contributed by atoms with Gasteiger partial charge in [0.2, 0.25) is 5.91 Å². The summed E-state index contributed by atoms with van der Waals surface area (Å²) in [6.45, 7) is 9.08. The van der Waals surface area contributed by atoms with E-state index in [0.29, 0.717) is 24.4 Å². The molecule has 2 heterocycles. The molecule has 3 unspecified atom stereocenters. The third-order valence-corrected chi connectivity index (χ3v) is 11.3.